The molecule has 1 aromatic rings. The van der Waals surface area contributed by atoms with Gasteiger partial charge in [-0.1, -0.05) is 29.8 Å². The Morgan fingerprint density at radius 3 is 2.47 bits per heavy atom. The van der Waals surface area contributed by atoms with Crippen molar-refractivity contribution in [3.05, 3.63) is 35.4 Å². The lowest BCUT2D eigenvalue weighted by Crippen LogP contribution is -2.36. The second kappa shape index (κ2) is 5.97. The van der Waals surface area contributed by atoms with Crippen molar-refractivity contribution in [3.63, 3.8) is 0 Å². The first-order valence-corrected chi connectivity index (χ1v) is 7.60. The predicted molar refractivity (Wildman–Crippen MR) is 81.2 cm³/mol. The summed E-state index contributed by atoms with van der Waals surface area (Å²) >= 11 is 1.75. The molecule has 0 unspecified atom stereocenters. The van der Waals surface area contributed by atoms with E-state index in [9.17, 15) is 4.79 Å². The molecule has 19 heavy (non-hydrogen) atoms. The number of nitrogens with zero attached hydrogens (tertiary/aromatic N) is 2. The molecule has 1 amide bonds. The van der Waals surface area contributed by atoms with Gasteiger partial charge in [-0.05, 0) is 33.5 Å². The Labute approximate surface area is 120 Å². The minimum atomic E-state index is 0.0634. The molecule has 1 aromatic carbocycles. The fraction of sp³-hybridized carbons (Fsp3) is 0.533. The Morgan fingerprint density at radius 1 is 1.26 bits per heavy atom. The summed E-state index contributed by atoms with van der Waals surface area (Å²) in [7, 11) is 4.08. The third-order valence-corrected chi connectivity index (χ3v) is 4.79. The summed E-state index contributed by atoms with van der Waals surface area (Å²) in [6.45, 7) is 5.79. The number of amides is 1. The minimum absolute atomic E-state index is 0.0634. The van der Waals surface area contributed by atoms with E-state index in [4.69, 9.17) is 0 Å². The fourth-order valence-corrected chi connectivity index (χ4v) is 3.51. The maximum Gasteiger partial charge on any atom is 0.236 e. The summed E-state index contributed by atoms with van der Waals surface area (Å²) in [6, 6.07) is 8.52. The first-order chi connectivity index (χ1) is 8.99. The highest BCUT2D eigenvalue weighted by Gasteiger charge is 2.37. The van der Waals surface area contributed by atoms with Crippen LogP contribution in [-0.2, 0) is 4.79 Å². The molecule has 2 atom stereocenters. The van der Waals surface area contributed by atoms with Gasteiger partial charge in [0.25, 0.3) is 0 Å². The molecule has 0 saturated carbocycles. The Hall–Kier alpha value is -1.00. The summed E-state index contributed by atoms with van der Waals surface area (Å²) in [6.07, 6.45) is 0. The van der Waals surface area contributed by atoms with Crippen LogP contribution in [0.1, 0.15) is 23.4 Å². The molecule has 0 N–H and O–H groups in total. The maximum absolute atomic E-state index is 12.3. The SMILES string of the molecule is Cc1ccc([C@@H]2S[C@@H](C)C(=O)N2CCN(C)C)cc1. The van der Waals surface area contributed by atoms with Crippen molar-refractivity contribution in [3.8, 4) is 0 Å². The van der Waals surface area contributed by atoms with Gasteiger partial charge in [-0.15, -0.1) is 11.8 Å². The zero-order valence-corrected chi connectivity index (χ0v) is 12.9. The van der Waals surface area contributed by atoms with Crippen LogP contribution in [0, 0.1) is 6.92 Å². The van der Waals surface area contributed by atoms with E-state index in [1.54, 1.807) is 11.8 Å². The molecule has 1 fully saturated rings. The molecule has 0 spiro atoms. The van der Waals surface area contributed by atoms with E-state index >= 15 is 0 Å². The lowest BCUT2D eigenvalue weighted by molar-refractivity contribution is -0.129. The average molecular weight is 278 g/mol. The smallest absolute Gasteiger partial charge is 0.236 e. The highest BCUT2D eigenvalue weighted by molar-refractivity contribution is 8.01. The van der Waals surface area contributed by atoms with Crippen LogP contribution in [0.3, 0.4) is 0 Å². The van der Waals surface area contributed by atoms with Crippen molar-refractivity contribution in [1.82, 2.24) is 9.80 Å². The van der Waals surface area contributed by atoms with E-state index in [0.717, 1.165) is 13.1 Å². The van der Waals surface area contributed by atoms with Crippen LogP contribution in [0.4, 0.5) is 0 Å². The van der Waals surface area contributed by atoms with Gasteiger partial charge in [-0.3, -0.25) is 4.79 Å². The standard InChI is InChI=1S/C15H22N2OS/c1-11-5-7-13(8-6-11)15-17(10-9-16(3)4)14(18)12(2)19-15/h5-8,12,15H,9-10H2,1-4H3/t12-,15-/m0/s1. The number of carbonyl (C=O) groups excluding carboxylic acids is 1. The largest absolute Gasteiger partial charge is 0.324 e. The van der Waals surface area contributed by atoms with Gasteiger partial charge in [0.1, 0.15) is 5.37 Å². The van der Waals surface area contributed by atoms with Crippen LogP contribution < -0.4 is 0 Å². The van der Waals surface area contributed by atoms with Crippen molar-refractivity contribution in [2.45, 2.75) is 24.5 Å². The molecule has 1 aliphatic heterocycles. The van der Waals surface area contributed by atoms with E-state index in [1.165, 1.54) is 11.1 Å². The quantitative estimate of drug-likeness (QED) is 0.845. The van der Waals surface area contributed by atoms with Crippen molar-refractivity contribution < 1.29 is 4.79 Å². The molecule has 0 bridgehead atoms. The molecular weight excluding hydrogens is 256 g/mol. The molecule has 1 aliphatic rings. The van der Waals surface area contributed by atoms with Crippen molar-refractivity contribution in [2.75, 3.05) is 27.2 Å². The minimum Gasteiger partial charge on any atom is -0.324 e. The third-order valence-electron chi connectivity index (χ3n) is 3.40. The van der Waals surface area contributed by atoms with Crippen LogP contribution in [0.2, 0.25) is 0 Å². The number of likely N-dealkylation sites (N-methyl/N-ethyl adjacent to an activating group) is 1. The number of aryl methyl sites for hydroxylation is 1. The fourth-order valence-electron chi connectivity index (χ4n) is 2.20. The van der Waals surface area contributed by atoms with E-state index in [1.807, 2.05) is 25.9 Å². The molecule has 104 valence electrons. The summed E-state index contributed by atoms with van der Waals surface area (Å²) in [5, 5.41) is 0.233. The molecule has 0 aliphatic carbocycles. The first-order valence-electron chi connectivity index (χ1n) is 6.66. The van der Waals surface area contributed by atoms with Crippen LogP contribution >= 0.6 is 11.8 Å². The van der Waals surface area contributed by atoms with Gasteiger partial charge in [0, 0.05) is 13.1 Å². The molecule has 1 heterocycles. The normalized spacial score (nSPS) is 23.4. The predicted octanol–water partition coefficient (Wildman–Crippen LogP) is 2.52. The van der Waals surface area contributed by atoms with Gasteiger partial charge in [0.2, 0.25) is 5.91 Å². The second-order valence-electron chi connectivity index (χ2n) is 5.38. The van der Waals surface area contributed by atoms with Crippen molar-refractivity contribution in [1.29, 1.82) is 0 Å². The first kappa shape index (κ1) is 14.4. The number of hydrogen-bond acceptors (Lipinski definition) is 3. The molecule has 2 rings (SSSR count). The number of rotatable bonds is 4. The van der Waals surface area contributed by atoms with E-state index in [2.05, 4.69) is 36.1 Å². The van der Waals surface area contributed by atoms with Gasteiger partial charge >= 0.3 is 0 Å². The zero-order valence-electron chi connectivity index (χ0n) is 12.1. The molecule has 0 radical (unpaired) electrons. The lowest BCUT2D eigenvalue weighted by atomic mass is 10.1. The van der Waals surface area contributed by atoms with E-state index in [0.29, 0.717) is 0 Å². The topological polar surface area (TPSA) is 23.6 Å². The van der Waals surface area contributed by atoms with E-state index < -0.39 is 0 Å². The van der Waals surface area contributed by atoms with Crippen molar-refractivity contribution in [2.24, 2.45) is 0 Å². The Kier molecular flexibility index (Phi) is 4.53. The average Bonchev–Trinajstić information content (AvgIpc) is 2.64. The number of carbonyl (C=O) groups is 1. The van der Waals surface area contributed by atoms with Crippen LogP contribution in [0.25, 0.3) is 0 Å². The molecule has 0 aromatic heterocycles. The summed E-state index contributed by atoms with van der Waals surface area (Å²) in [5.74, 6) is 0.262. The molecule has 1 saturated heterocycles. The van der Waals surface area contributed by atoms with Gasteiger partial charge < -0.3 is 9.80 Å². The van der Waals surface area contributed by atoms with Gasteiger partial charge in [-0.2, -0.15) is 0 Å². The Balaban J connectivity index is 2.17. The van der Waals surface area contributed by atoms with Crippen LogP contribution in [0.5, 0.6) is 0 Å². The highest BCUT2D eigenvalue weighted by Crippen LogP contribution is 2.42. The highest BCUT2D eigenvalue weighted by atomic mass is 32.2. The van der Waals surface area contributed by atoms with Gasteiger partial charge in [0.15, 0.2) is 0 Å². The molecular formula is C15H22N2OS. The molecule has 4 heteroatoms. The molecule has 3 nitrogen and oxygen atoms in total. The monoisotopic (exact) mass is 278 g/mol. The van der Waals surface area contributed by atoms with Crippen LogP contribution in [0.15, 0.2) is 24.3 Å². The lowest BCUT2D eigenvalue weighted by Gasteiger charge is -2.25. The second-order valence-corrected chi connectivity index (χ2v) is 6.80. The number of benzene rings is 1. The van der Waals surface area contributed by atoms with Gasteiger partial charge in [-0.25, -0.2) is 0 Å². The number of thioether (sulfide) groups is 1. The van der Waals surface area contributed by atoms with Crippen molar-refractivity contribution >= 4 is 17.7 Å². The van der Waals surface area contributed by atoms with Gasteiger partial charge in [0.05, 0.1) is 5.25 Å². The number of hydrogen-bond donors (Lipinski definition) is 0. The van der Waals surface area contributed by atoms with E-state index in [-0.39, 0.29) is 16.5 Å². The summed E-state index contributed by atoms with van der Waals surface area (Å²) in [4.78, 5) is 16.4. The maximum atomic E-state index is 12.3. The zero-order chi connectivity index (χ0) is 14.0. The summed E-state index contributed by atoms with van der Waals surface area (Å²) in [5.41, 5.74) is 2.48. The van der Waals surface area contributed by atoms with Crippen LogP contribution in [-0.4, -0.2) is 48.1 Å². The Morgan fingerprint density at radius 2 is 1.89 bits per heavy atom. The summed E-state index contributed by atoms with van der Waals surface area (Å²) < 4.78 is 0. The Bertz CT molecular complexity index is 444. The third kappa shape index (κ3) is 3.31.